The summed E-state index contributed by atoms with van der Waals surface area (Å²) in [6, 6.07) is 34.3. The molecular weight excluding hydrogens is 636 g/mol. The fraction of sp³-hybridized carbons (Fsp3) is 0.103. The SMILES string of the molecule is CN1C2=Cc3cc(Br)c[c-]c3C2c2ccccc21.[Cl][Zr][Cl].[SH-].[c-]1cccc2c1-c1ccccc1C2. The quantitative estimate of drug-likeness (QED) is 0.0936. The summed E-state index contributed by atoms with van der Waals surface area (Å²) in [5.74, 6) is 0.370. The van der Waals surface area contributed by atoms with Crippen molar-refractivity contribution in [2.24, 2.45) is 0 Å². The van der Waals surface area contributed by atoms with Gasteiger partial charge in [0.05, 0.1) is 0 Å². The monoisotopic (exact) mass is 654 g/mol. The second kappa shape index (κ2) is 11.8. The first kappa shape index (κ1) is 26.8. The van der Waals surface area contributed by atoms with Crippen LogP contribution in [0.4, 0.5) is 5.69 Å². The van der Waals surface area contributed by atoms with Crippen LogP contribution in [0.25, 0.3) is 17.2 Å². The van der Waals surface area contributed by atoms with Gasteiger partial charge >= 0.3 is 37.9 Å². The molecule has 1 aliphatic heterocycles. The largest absolute Gasteiger partial charge is 0.813 e. The first-order chi connectivity index (χ1) is 16.6. The van der Waals surface area contributed by atoms with Crippen LogP contribution < -0.4 is 4.90 Å². The van der Waals surface area contributed by atoms with Gasteiger partial charge < -0.3 is 18.4 Å². The molecule has 0 saturated heterocycles. The zero-order valence-electron chi connectivity index (χ0n) is 18.9. The molecule has 0 radical (unpaired) electrons. The molecule has 3 aliphatic rings. The fourth-order valence-electron chi connectivity index (χ4n) is 5.03. The molecule has 176 valence electrons. The van der Waals surface area contributed by atoms with Crippen molar-refractivity contribution < 1.29 is 20.8 Å². The molecule has 2 aliphatic carbocycles. The van der Waals surface area contributed by atoms with E-state index in [4.69, 9.17) is 17.0 Å². The van der Waals surface area contributed by atoms with E-state index < -0.39 is 20.8 Å². The van der Waals surface area contributed by atoms with Gasteiger partial charge in [-0.25, -0.2) is 0 Å². The number of halogens is 3. The zero-order valence-corrected chi connectivity index (χ0v) is 25.3. The van der Waals surface area contributed by atoms with Crippen LogP contribution in [0, 0.1) is 12.1 Å². The topological polar surface area (TPSA) is 3.24 Å². The number of thiol groups is 1. The van der Waals surface area contributed by atoms with Crippen molar-refractivity contribution in [3.05, 3.63) is 129 Å². The Hall–Kier alpha value is -1.29. The Morgan fingerprint density at radius 1 is 0.971 bits per heavy atom. The van der Waals surface area contributed by atoms with Crippen LogP contribution in [0.15, 0.2) is 89.0 Å². The standard InChI is InChI=1S/C16H11BrN.C13H9.2ClH.H2S.Zr/c1-18-14-5-3-2-4-13(14)16-12-7-6-11(17)8-10(12)9-15(16)18;1-3-7-12-10(5-1)9-11-6-2-4-8-13(11)12;;;;/h2-6,8-9,16H,1H3;1-7H,9H2;2*1H;1H2;/q2*-1;;;;+2/p-3. The number of likely N-dealkylation sites (N-methyl/N-ethyl adjacent to an activating group) is 1. The van der Waals surface area contributed by atoms with Crippen LogP contribution in [0.1, 0.15) is 33.7 Å². The molecule has 1 unspecified atom stereocenters. The number of rotatable bonds is 0. The number of hydrogen-bond donors (Lipinski definition) is 0. The van der Waals surface area contributed by atoms with E-state index in [9.17, 15) is 0 Å². The first-order valence-electron chi connectivity index (χ1n) is 10.9. The maximum absolute atomic E-state index is 4.93. The number of para-hydroxylation sites is 1. The summed E-state index contributed by atoms with van der Waals surface area (Å²) in [6.45, 7) is 0. The van der Waals surface area contributed by atoms with Crippen molar-refractivity contribution in [1.82, 2.24) is 0 Å². The summed E-state index contributed by atoms with van der Waals surface area (Å²) < 4.78 is 1.09. The Labute approximate surface area is 241 Å². The van der Waals surface area contributed by atoms with Gasteiger partial charge in [0.25, 0.3) is 0 Å². The number of allylic oxidation sites excluding steroid dienone is 1. The van der Waals surface area contributed by atoms with Crippen molar-refractivity contribution in [3.63, 3.8) is 0 Å². The van der Waals surface area contributed by atoms with Crippen LogP contribution in [0.3, 0.4) is 0 Å². The third-order valence-corrected chi connectivity index (χ3v) is 6.92. The molecule has 0 amide bonds. The van der Waals surface area contributed by atoms with Gasteiger partial charge in [0.2, 0.25) is 0 Å². The maximum Gasteiger partial charge on any atom is -0.0454 e. The average Bonchev–Trinajstić information content (AvgIpc) is 3.50. The van der Waals surface area contributed by atoms with Crippen LogP contribution in [-0.4, -0.2) is 7.05 Å². The van der Waals surface area contributed by atoms with E-state index in [1.165, 1.54) is 50.3 Å². The van der Waals surface area contributed by atoms with Gasteiger partial charge in [0, 0.05) is 24.4 Å². The van der Waals surface area contributed by atoms with Crippen LogP contribution >= 0.6 is 33.0 Å². The Kier molecular flexibility index (Phi) is 9.06. The molecule has 1 nitrogen and oxygen atoms in total. The number of nitrogens with zero attached hydrogens (tertiary/aromatic N) is 1. The average molecular weight is 658 g/mol. The molecule has 4 aromatic rings. The summed E-state index contributed by atoms with van der Waals surface area (Å²) in [5, 5.41) is 0. The number of anilines is 1. The molecule has 0 spiro atoms. The number of fused-ring (bicyclic) bond motifs is 8. The maximum atomic E-state index is 4.93. The smallest absolute Gasteiger partial charge is 0.0454 e. The minimum atomic E-state index is -0.826. The number of benzene rings is 4. The van der Waals surface area contributed by atoms with Crippen molar-refractivity contribution in [2.45, 2.75) is 12.3 Å². The van der Waals surface area contributed by atoms with E-state index in [1.54, 1.807) is 0 Å². The van der Waals surface area contributed by atoms with Gasteiger partial charge in [0.1, 0.15) is 0 Å². The second-order valence-corrected chi connectivity index (χ2v) is 12.9. The molecule has 0 N–H and O–H groups in total. The van der Waals surface area contributed by atoms with Crippen LogP contribution in [0.2, 0.25) is 0 Å². The Morgan fingerprint density at radius 3 is 2.51 bits per heavy atom. The zero-order chi connectivity index (χ0) is 23.7. The molecule has 1 heterocycles. The predicted octanol–water partition coefficient (Wildman–Crippen LogP) is 8.35. The summed E-state index contributed by atoms with van der Waals surface area (Å²) in [6.07, 6.45) is 3.35. The normalized spacial score (nSPS) is 14.9. The Balaban J connectivity index is 0.000000150. The molecular formula is C29H21BrCl2NSZr-3. The molecule has 35 heavy (non-hydrogen) atoms. The van der Waals surface area contributed by atoms with E-state index in [-0.39, 0.29) is 13.5 Å². The summed E-state index contributed by atoms with van der Waals surface area (Å²) in [7, 11) is 12.0. The summed E-state index contributed by atoms with van der Waals surface area (Å²) in [4.78, 5) is 2.29. The van der Waals surface area contributed by atoms with E-state index in [0.717, 1.165) is 10.9 Å². The van der Waals surface area contributed by atoms with Gasteiger partial charge in [-0.05, 0) is 18.1 Å². The molecule has 4 aromatic carbocycles. The molecule has 0 saturated carbocycles. The van der Waals surface area contributed by atoms with Gasteiger partial charge in [-0.15, -0.1) is 62.4 Å². The first-order valence-corrected chi connectivity index (χ1v) is 18.0. The Morgan fingerprint density at radius 2 is 1.69 bits per heavy atom. The molecule has 7 rings (SSSR count). The predicted molar refractivity (Wildman–Crippen MR) is 152 cm³/mol. The molecule has 0 aromatic heterocycles. The van der Waals surface area contributed by atoms with Gasteiger partial charge in [-0.1, -0.05) is 64.1 Å². The van der Waals surface area contributed by atoms with Gasteiger partial charge in [-0.2, -0.15) is 18.2 Å². The second-order valence-electron chi connectivity index (χ2n) is 8.28. The van der Waals surface area contributed by atoms with Crippen molar-refractivity contribution in [3.8, 4) is 11.1 Å². The van der Waals surface area contributed by atoms with E-state index in [1.807, 2.05) is 12.1 Å². The summed E-state index contributed by atoms with van der Waals surface area (Å²) in [5.41, 5.74) is 12.1. The molecule has 6 heteroatoms. The van der Waals surface area contributed by atoms with Crippen molar-refractivity contribution in [2.75, 3.05) is 11.9 Å². The van der Waals surface area contributed by atoms with Gasteiger partial charge in [0.15, 0.2) is 0 Å². The third kappa shape index (κ3) is 5.24. The molecule has 1 atom stereocenters. The minimum Gasteiger partial charge on any atom is -0.813 e. The third-order valence-electron chi connectivity index (χ3n) is 6.46. The summed E-state index contributed by atoms with van der Waals surface area (Å²) >= 11 is 2.69. The van der Waals surface area contributed by atoms with Gasteiger partial charge in [-0.3, -0.25) is 0 Å². The van der Waals surface area contributed by atoms with Crippen LogP contribution in [0.5, 0.6) is 0 Å². The fourth-order valence-corrected chi connectivity index (χ4v) is 5.39. The van der Waals surface area contributed by atoms with Crippen molar-refractivity contribution >= 4 is 58.2 Å². The van der Waals surface area contributed by atoms with Crippen LogP contribution in [-0.2, 0) is 40.8 Å². The van der Waals surface area contributed by atoms with Crippen molar-refractivity contribution in [1.29, 1.82) is 0 Å². The van der Waals surface area contributed by atoms with E-state index in [2.05, 4.69) is 113 Å². The van der Waals surface area contributed by atoms with E-state index >= 15 is 0 Å². The van der Waals surface area contributed by atoms with E-state index in [0.29, 0.717) is 5.92 Å². The molecule has 0 bridgehead atoms. The minimum absolute atomic E-state index is 0. The number of hydrogen-bond acceptors (Lipinski definition) is 2. The molecule has 0 fully saturated rings. The Bertz CT molecular complexity index is 1350.